The molecular weight excluding hydrogens is 258 g/mol. The molecule has 19 heavy (non-hydrogen) atoms. The van der Waals surface area contributed by atoms with Crippen LogP contribution in [-0.4, -0.2) is 36.7 Å². The molecular formula is C15H29NO2S. The van der Waals surface area contributed by atoms with Crippen molar-refractivity contribution in [3.63, 3.8) is 0 Å². The highest BCUT2D eigenvalue weighted by Crippen LogP contribution is 2.29. The van der Waals surface area contributed by atoms with Crippen LogP contribution in [0.3, 0.4) is 0 Å². The van der Waals surface area contributed by atoms with Crippen molar-refractivity contribution in [2.75, 3.05) is 19.9 Å². The Hall–Kier alpha value is -0.220. The number of nitrogens with one attached hydrogen (secondary N) is 1. The van der Waals surface area contributed by atoms with Crippen LogP contribution in [0, 0.1) is 0 Å². The van der Waals surface area contributed by atoms with Crippen molar-refractivity contribution in [1.82, 2.24) is 5.32 Å². The maximum absolute atomic E-state index is 11.7. The van der Waals surface area contributed by atoms with Gasteiger partial charge in [0.1, 0.15) is 5.54 Å². The van der Waals surface area contributed by atoms with Crippen LogP contribution in [0.1, 0.15) is 58.3 Å². The lowest BCUT2D eigenvalue weighted by Crippen LogP contribution is -2.48. The largest absolute Gasteiger partial charge is 0.468 e. The number of rotatable bonds is 8. The van der Waals surface area contributed by atoms with Crippen LogP contribution in [0.2, 0.25) is 0 Å². The molecule has 1 saturated carbocycles. The average molecular weight is 287 g/mol. The minimum Gasteiger partial charge on any atom is -0.468 e. The third kappa shape index (κ3) is 5.74. The molecule has 1 atom stereocenters. The van der Waals surface area contributed by atoms with Crippen LogP contribution in [0.15, 0.2) is 0 Å². The number of esters is 1. The molecule has 3 nitrogen and oxygen atoms in total. The second kappa shape index (κ2) is 8.85. The first kappa shape index (κ1) is 16.8. The lowest BCUT2D eigenvalue weighted by molar-refractivity contribution is -0.148. The van der Waals surface area contributed by atoms with E-state index < -0.39 is 5.54 Å². The quantitative estimate of drug-likeness (QED) is 0.549. The van der Waals surface area contributed by atoms with Crippen molar-refractivity contribution in [2.45, 2.75) is 69.1 Å². The minimum atomic E-state index is -0.524. The Morgan fingerprint density at radius 1 is 1.32 bits per heavy atom. The summed E-state index contributed by atoms with van der Waals surface area (Å²) in [5, 5.41) is 3.98. The topological polar surface area (TPSA) is 38.3 Å². The first-order chi connectivity index (χ1) is 9.12. The monoisotopic (exact) mass is 287 g/mol. The van der Waals surface area contributed by atoms with Gasteiger partial charge in [-0.25, -0.2) is 0 Å². The van der Waals surface area contributed by atoms with E-state index in [1.807, 2.05) is 14.0 Å². The number of ether oxygens (including phenoxy) is 1. The summed E-state index contributed by atoms with van der Waals surface area (Å²) in [4.78, 5) is 11.7. The Labute approximate surface area is 122 Å². The van der Waals surface area contributed by atoms with Crippen LogP contribution in [-0.2, 0) is 9.53 Å². The zero-order valence-electron chi connectivity index (χ0n) is 12.7. The number of methoxy groups -OCH3 is 1. The van der Waals surface area contributed by atoms with Gasteiger partial charge in [-0.2, -0.15) is 11.8 Å². The lowest BCUT2D eigenvalue weighted by Gasteiger charge is -2.26. The highest BCUT2D eigenvalue weighted by molar-refractivity contribution is 7.99. The van der Waals surface area contributed by atoms with Gasteiger partial charge in [-0.15, -0.1) is 0 Å². The maximum atomic E-state index is 11.7. The van der Waals surface area contributed by atoms with Crippen molar-refractivity contribution in [2.24, 2.45) is 0 Å². The lowest BCUT2D eigenvalue weighted by atomic mass is 9.95. The molecule has 0 aliphatic heterocycles. The third-order valence-electron chi connectivity index (χ3n) is 4.16. The van der Waals surface area contributed by atoms with Gasteiger partial charge in [-0.3, -0.25) is 4.79 Å². The molecule has 4 heteroatoms. The zero-order chi connectivity index (χ0) is 14.1. The molecule has 0 amide bonds. The summed E-state index contributed by atoms with van der Waals surface area (Å²) in [6.07, 6.45) is 10.2. The zero-order valence-corrected chi connectivity index (χ0v) is 13.5. The van der Waals surface area contributed by atoms with Crippen LogP contribution in [0.4, 0.5) is 0 Å². The number of carbonyl (C=O) groups excluding carboxylic acids is 1. The summed E-state index contributed by atoms with van der Waals surface area (Å²) < 4.78 is 4.85. The van der Waals surface area contributed by atoms with Crippen LogP contribution < -0.4 is 5.32 Å². The molecule has 1 aliphatic rings. The Kier molecular flexibility index (Phi) is 7.84. The third-order valence-corrected chi connectivity index (χ3v) is 5.63. The molecule has 0 heterocycles. The fraction of sp³-hybridized carbons (Fsp3) is 0.933. The summed E-state index contributed by atoms with van der Waals surface area (Å²) in [6.45, 7) is 1.92. The first-order valence-corrected chi connectivity index (χ1v) is 8.56. The highest BCUT2D eigenvalue weighted by atomic mass is 32.2. The molecule has 112 valence electrons. The molecule has 1 fully saturated rings. The minimum absolute atomic E-state index is 0.157. The van der Waals surface area contributed by atoms with E-state index in [9.17, 15) is 4.79 Å². The molecule has 1 unspecified atom stereocenters. The molecule has 0 spiro atoms. The Morgan fingerprint density at radius 3 is 2.58 bits per heavy atom. The fourth-order valence-corrected chi connectivity index (χ4v) is 3.99. The van der Waals surface area contributed by atoms with Crippen LogP contribution >= 0.6 is 11.8 Å². The van der Waals surface area contributed by atoms with E-state index in [0.717, 1.165) is 18.1 Å². The molecule has 0 aromatic carbocycles. The molecule has 1 aliphatic carbocycles. The van der Waals surface area contributed by atoms with Crippen molar-refractivity contribution >= 4 is 17.7 Å². The van der Waals surface area contributed by atoms with Crippen molar-refractivity contribution < 1.29 is 9.53 Å². The van der Waals surface area contributed by atoms with Gasteiger partial charge >= 0.3 is 5.97 Å². The van der Waals surface area contributed by atoms with E-state index in [2.05, 4.69) is 17.1 Å². The van der Waals surface area contributed by atoms with E-state index in [4.69, 9.17) is 4.74 Å². The summed E-state index contributed by atoms with van der Waals surface area (Å²) in [6, 6.07) is 0. The fourth-order valence-electron chi connectivity index (χ4n) is 2.62. The Morgan fingerprint density at radius 2 is 2.00 bits per heavy atom. The van der Waals surface area contributed by atoms with E-state index in [-0.39, 0.29) is 5.97 Å². The van der Waals surface area contributed by atoms with Gasteiger partial charge in [-0.05, 0) is 45.4 Å². The number of hydrogen-bond donors (Lipinski definition) is 1. The highest BCUT2D eigenvalue weighted by Gasteiger charge is 2.31. The Bertz CT molecular complexity index is 267. The van der Waals surface area contributed by atoms with Crippen molar-refractivity contribution in [3.05, 3.63) is 0 Å². The smallest absolute Gasteiger partial charge is 0.325 e. The Balaban J connectivity index is 2.13. The molecule has 0 radical (unpaired) electrons. The number of likely N-dealkylation sites (N-methyl/N-ethyl adjacent to an activating group) is 1. The second-order valence-electron chi connectivity index (χ2n) is 5.66. The molecule has 1 N–H and O–H groups in total. The van der Waals surface area contributed by atoms with Gasteiger partial charge < -0.3 is 10.1 Å². The van der Waals surface area contributed by atoms with E-state index in [0.29, 0.717) is 0 Å². The van der Waals surface area contributed by atoms with Crippen LogP contribution in [0.5, 0.6) is 0 Å². The normalized spacial score (nSPS) is 19.9. The van der Waals surface area contributed by atoms with Gasteiger partial charge in [-0.1, -0.05) is 25.7 Å². The maximum Gasteiger partial charge on any atom is 0.325 e. The summed E-state index contributed by atoms with van der Waals surface area (Å²) in [5.74, 6) is 1.07. The molecule has 0 aromatic heterocycles. The average Bonchev–Trinajstić information content (AvgIpc) is 2.46. The van der Waals surface area contributed by atoms with Gasteiger partial charge in [0.25, 0.3) is 0 Å². The molecule has 0 saturated heterocycles. The predicted molar refractivity (Wildman–Crippen MR) is 82.7 cm³/mol. The number of thioether (sulfide) groups is 1. The number of carbonyl (C=O) groups is 1. The molecule has 1 rings (SSSR count). The summed E-state index contributed by atoms with van der Waals surface area (Å²) in [7, 11) is 3.28. The summed E-state index contributed by atoms with van der Waals surface area (Å²) in [5.41, 5.74) is -0.524. The molecule has 0 aromatic rings. The van der Waals surface area contributed by atoms with Gasteiger partial charge in [0.05, 0.1) is 7.11 Å². The van der Waals surface area contributed by atoms with E-state index in [1.165, 1.54) is 51.4 Å². The number of hydrogen-bond acceptors (Lipinski definition) is 4. The molecule has 0 bridgehead atoms. The van der Waals surface area contributed by atoms with E-state index in [1.54, 1.807) is 0 Å². The van der Waals surface area contributed by atoms with Gasteiger partial charge in [0.2, 0.25) is 0 Å². The standard InChI is InChI=1S/C15H29NO2S/c1-15(16-2,14(17)18-3)11-7-8-12-19-13-9-5-4-6-10-13/h13,16H,4-12H2,1-3H3. The van der Waals surface area contributed by atoms with Gasteiger partial charge in [0.15, 0.2) is 0 Å². The van der Waals surface area contributed by atoms with Crippen molar-refractivity contribution in [3.8, 4) is 0 Å². The SMILES string of the molecule is CNC(C)(CCCCSC1CCCCC1)C(=O)OC. The van der Waals surface area contributed by atoms with Gasteiger partial charge in [0, 0.05) is 5.25 Å². The van der Waals surface area contributed by atoms with E-state index >= 15 is 0 Å². The van der Waals surface area contributed by atoms with Crippen LogP contribution in [0.25, 0.3) is 0 Å². The summed E-state index contributed by atoms with van der Waals surface area (Å²) >= 11 is 2.13. The predicted octanol–water partition coefficient (Wildman–Crippen LogP) is 3.37. The van der Waals surface area contributed by atoms with Crippen molar-refractivity contribution in [1.29, 1.82) is 0 Å². The first-order valence-electron chi connectivity index (χ1n) is 7.51. The number of unbranched alkanes of at least 4 members (excludes halogenated alkanes) is 1. The second-order valence-corrected chi connectivity index (χ2v) is 7.07.